The number of hydrogen-bond acceptors (Lipinski definition) is 5. The molecular weight excluding hydrogens is 382 g/mol. The van der Waals surface area contributed by atoms with Gasteiger partial charge in [-0.25, -0.2) is 0 Å². The third-order valence-corrected chi connectivity index (χ3v) is 6.55. The third kappa shape index (κ3) is 3.52. The van der Waals surface area contributed by atoms with Crippen molar-refractivity contribution >= 4 is 23.2 Å². The molecule has 1 aliphatic carbocycles. The van der Waals surface area contributed by atoms with Crippen molar-refractivity contribution in [2.45, 2.75) is 37.5 Å². The monoisotopic (exact) mass is 409 g/mol. The minimum Gasteiger partial charge on any atom is -0.497 e. The molecule has 0 spiro atoms. The Kier molecular flexibility index (Phi) is 5.11. The average molecular weight is 410 g/mol. The molecule has 0 unspecified atom stereocenters. The van der Waals surface area contributed by atoms with Gasteiger partial charge in [-0.1, -0.05) is 26.0 Å². The SMILES string of the molecule is COc1cc2c(c(OC)c1)[C@@H](c1ccc(SC)cc1)C1=C(CC(C)(C)CC1=O)N2. The molecule has 2 aromatic rings. The van der Waals surface area contributed by atoms with E-state index in [0.717, 1.165) is 46.0 Å². The molecule has 2 aliphatic rings. The van der Waals surface area contributed by atoms with Gasteiger partial charge >= 0.3 is 0 Å². The van der Waals surface area contributed by atoms with Gasteiger partial charge in [0, 0.05) is 51.9 Å². The van der Waals surface area contributed by atoms with Crippen LogP contribution in [-0.2, 0) is 4.79 Å². The van der Waals surface area contributed by atoms with E-state index in [1.807, 2.05) is 12.1 Å². The zero-order valence-corrected chi connectivity index (χ0v) is 18.4. The highest BCUT2D eigenvalue weighted by atomic mass is 32.2. The number of fused-ring (bicyclic) bond motifs is 1. The molecule has 4 rings (SSSR count). The van der Waals surface area contributed by atoms with E-state index in [9.17, 15) is 4.79 Å². The predicted octanol–water partition coefficient (Wildman–Crippen LogP) is 5.63. The molecule has 29 heavy (non-hydrogen) atoms. The largest absolute Gasteiger partial charge is 0.497 e. The summed E-state index contributed by atoms with van der Waals surface area (Å²) in [5.41, 5.74) is 4.89. The summed E-state index contributed by atoms with van der Waals surface area (Å²) >= 11 is 1.71. The molecule has 0 bridgehead atoms. The van der Waals surface area contributed by atoms with Crippen molar-refractivity contribution in [3.8, 4) is 11.5 Å². The van der Waals surface area contributed by atoms with E-state index in [-0.39, 0.29) is 17.1 Å². The molecule has 1 atom stereocenters. The number of hydrogen-bond donors (Lipinski definition) is 1. The summed E-state index contributed by atoms with van der Waals surface area (Å²) in [7, 11) is 3.32. The Balaban J connectivity index is 1.96. The standard InChI is InChI=1S/C24H27NO3S/c1-24(2)12-18-22(19(26)13-24)21(14-6-8-16(29-5)9-7-14)23-17(25-18)10-15(27-3)11-20(23)28-4/h6-11,21,25H,12-13H2,1-5H3/t21-/m0/s1. The molecule has 152 valence electrons. The molecule has 4 nitrogen and oxygen atoms in total. The van der Waals surface area contributed by atoms with Gasteiger partial charge in [-0.05, 0) is 35.8 Å². The maximum Gasteiger partial charge on any atom is 0.162 e. The summed E-state index contributed by atoms with van der Waals surface area (Å²) in [6, 6.07) is 12.4. The lowest BCUT2D eigenvalue weighted by Gasteiger charge is -2.40. The molecule has 1 aliphatic heterocycles. The maximum absolute atomic E-state index is 13.3. The van der Waals surface area contributed by atoms with Crippen molar-refractivity contribution in [1.29, 1.82) is 0 Å². The van der Waals surface area contributed by atoms with Crippen LogP contribution < -0.4 is 14.8 Å². The van der Waals surface area contributed by atoms with Gasteiger partial charge in [-0.15, -0.1) is 11.8 Å². The van der Waals surface area contributed by atoms with Gasteiger partial charge < -0.3 is 14.8 Å². The number of anilines is 1. The first-order valence-corrected chi connectivity index (χ1v) is 11.0. The Bertz CT molecular complexity index is 992. The van der Waals surface area contributed by atoms with Crippen molar-refractivity contribution in [2.75, 3.05) is 25.8 Å². The number of ether oxygens (including phenoxy) is 2. The summed E-state index contributed by atoms with van der Waals surface area (Å²) in [5.74, 6) is 1.53. The van der Waals surface area contributed by atoms with Crippen LogP contribution in [0, 0.1) is 5.41 Å². The molecule has 0 aromatic heterocycles. The molecule has 1 N–H and O–H groups in total. The fraction of sp³-hybridized carbons (Fsp3) is 0.375. The van der Waals surface area contributed by atoms with E-state index in [1.54, 1.807) is 26.0 Å². The van der Waals surface area contributed by atoms with Crippen LogP contribution in [-0.4, -0.2) is 26.3 Å². The van der Waals surface area contributed by atoms with Crippen molar-refractivity contribution in [2.24, 2.45) is 5.41 Å². The fourth-order valence-corrected chi connectivity index (χ4v) is 4.92. The van der Waals surface area contributed by atoms with Crippen molar-refractivity contribution in [1.82, 2.24) is 0 Å². The number of ketones is 1. The zero-order valence-electron chi connectivity index (χ0n) is 17.6. The number of allylic oxidation sites excluding steroid dienone is 2. The minimum absolute atomic E-state index is 0.0589. The molecule has 0 amide bonds. The van der Waals surface area contributed by atoms with Crippen molar-refractivity contribution < 1.29 is 14.3 Å². The molecule has 0 saturated carbocycles. The first-order chi connectivity index (χ1) is 13.9. The lowest BCUT2D eigenvalue weighted by molar-refractivity contribution is -0.118. The van der Waals surface area contributed by atoms with Crippen molar-refractivity contribution in [3.05, 3.63) is 58.8 Å². The molecule has 0 fully saturated rings. The van der Waals surface area contributed by atoms with Gasteiger partial charge in [0.05, 0.1) is 14.2 Å². The average Bonchev–Trinajstić information content (AvgIpc) is 2.70. The Morgan fingerprint density at radius 2 is 1.79 bits per heavy atom. The van der Waals surface area contributed by atoms with Crippen LogP contribution in [0.1, 0.15) is 43.7 Å². The van der Waals surface area contributed by atoms with Gasteiger partial charge in [0.2, 0.25) is 0 Å². The highest BCUT2D eigenvalue weighted by Crippen LogP contribution is 2.52. The second-order valence-corrected chi connectivity index (χ2v) is 9.33. The lowest BCUT2D eigenvalue weighted by atomic mass is 9.68. The maximum atomic E-state index is 13.3. The summed E-state index contributed by atoms with van der Waals surface area (Å²) in [4.78, 5) is 14.5. The summed E-state index contributed by atoms with van der Waals surface area (Å²) in [6.07, 6.45) is 3.46. The zero-order chi connectivity index (χ0) is 20.8. The van der Waals surface area contributed by atoms with Crippen LogP contribution >= 0.6 is 11.8 Å². The lowest BCUT2D eigenvalue weighted by Crippen LogP contribution is -2.34. The van der Waals surface area contributed by atoms with Gasteiger partial charge in [-0.2, -0.15) is 0 Å². The van der Waals surface area contributed by atoms with Gasteiger partial charge in [0.1, 0.15) is 11.5 Å². The van der Waals surface area contributed by atoms with Gasteiger partial charge in [0.25, 0.3) is 0 Å². The number of rotatable bonds is 4. The van der Waals surface area contributed by atoms with Crippen LogP contribution in [0.25, 0.3) is 0 Å². The molecule has 2 aromatic carbocycles. The summed E-state index contributed by atoms with van der Waals surface area (Å²) in [6.45, 7) is 4.31. The van der Waals surface area contributed by atoms with Gasteiger partial charge in [0.15, 0.2) is 5.78 Å². The highest BCUT2D eigenvalue weighted by molar-refractivity contribution is 7.98. The number of benzene rings is 2. The molecule has 5 heteroatoms. The Hall–Kier alpha value is -2.40. The first-order valence-electron chi connectivity index (χ1n) is 9.80. The van der Waals surface area contributed by atoms with E-state index in [0.29, 0.717) is 6.42 Å². The second kappa shape index (κ2) is 7.45. The highest BCUT2D eigenvalue weighted by Gasteiger charge is 2.42. The van der Waals surface area contributed by atoms with E-state index in [1.165, 1.54) is 4.90 Å². The van der Waals surface area contributed by atoms with E-state index >= 15 is 0 Å². The van der Waals surface area contributed by atoms with Crippen LogP contribution in [0.3, 0.4) is 0 Å². The number of thioether (sulfide) groups is 1. The summed E-state index contributed by atoms with van der Waals surface area (Å²) < 4.78 is 11.2. The van der Waals surface area contributed by atoms with Crippen LogP contribution in [0.5, 0.6) is 11.5 Å². The number of methoxy groups -OCH3 is 2. The number of carbonyl (C=O) groups is 1. The quantitative estimate of drug-likeness (QED) is 0.664. The predicted molar refractivity (Wildman–Crippen MR) is 118 cm³/mol. The number of Topliss-reactive ketones (excluding diaryl/α,β-unsaturated/α-hetero) is 1. The summed E-state index contributed by atoms with van der Waals surface area (Å²) in [5, 5.41) is 3.55. The van der Waals surface area contributed by atoms with Crippen LogP contribution in [0.15, 0.2) is 52.6 Å². The molecular formula is C24H27NO3S. The number of carbonyl (C=O) groups excluding carboxylic acids is 1. The molecule has 0 saturated heterocycles. The first kappa shape index (κ1) is 19.9. The van der Waals surface area contributed by atoms with Gasteiger partial charge in [-0.3, -0.25) is 4.79 Å². The normalized spacial score (nSPS) is 19.9. The van der Waals surface area contributed by atoms with Crippen LogP contribution in [0.2, 0.25) is 0 Å². The number of nitrogens with one attached hydrogen (secondary N) is 1. The minimum atomic E-state index is -0.151. The third-order valence-electron chi connectivity index (χ3n) is 5.80. The fourth-order valence-electron chi connectivity index (χ4n) is 4.51. The molecule has 0 radical (unpaired) electrons. The Morgan fingerprint density at radius 3 is 2.41 bits per heavy atom. The Labute approximate surface area is 176 Å². The second-order valence-electron chi connectivity index (χ2n) is 8.46. The molecule has 1 heterocycles. The topological polar surface area (TPSA) is 47.6 Å². The smallest absolute Gasteiger partial charge is 0.162 e. The van der Waals surface area contributed by atoms with E-state index in [2.05, 4.69) is 49.7 Å². The van der Waals surface area contributed by atoms with E-state index in [4.69, 9.17) is 9.47 Å². The van der Waals surface area contributed by atoms with Crippen LogP contribution in [0.4, 0.5) is 5.69 Å². The van der Waals surface area contributed by atoms with Crippen molar-refractivity contribution in [3.63, 3.8) is 0 Å². The van der Waals surface area contributed by atoms with E-state index < -0.39 is 0 Å². The Morgan fingerprint density at radius 1 is 1.07 bits per heavy atom.